The van der Waals surface area contributed by atoms with Gasteiger partial charge in [-0.2, -0.15) is 0 Å². The highest BCUT2D eigenvalue weighted by Gasteiger charge is 2.25. The maximum atomic E-state index is 13.1. The van der Waals surface area contributed by atoms with Gasteiger partial charge in [0, 0.05) is 16.9 Å². The van der Waals surface area contributed by atoms with Gasteiger partial charge in [-0.1, -0.05) is 24.3 Å². The molecule has 21 heavy (non-hydrogen) atoms. The fourth-order valence-electron chi connectivity index (χ4n) is 2.69. The molecule has 0 saturated heterocycles. The van der Waals surface area contributed by atoms with Crippen molar-refractivity contribution in [3.05, 3.63) is 65.5 Å². The van der Waals surface area contributed by atoms with E-state index in [9.17, 15) is 9.18 Å². The number of thioether (sulfide) groups is 1. The van der Waals surface area contributed by atoms with Crippen molar-refractivity contribution in [3.63, 3.8) is 0 Å². The summed E-state index contributed by atoms with van der Waals surface area (Å²) in [6, 6.07) is 14.4. The van der Waals surface area contributed by atoms with E-state index >= 15 is 0 Å². The molecule has 0 amide bonds. The van der Waals surface area contributed by atoms with Crippen LogP contribution in [-0.4, -0.2) is 12.0 Å². The third-order valence-corrected chi connectivity index (χ3v) is 4.50. The van der Waals surface area contributed by atoms with E-state index in [0.29, 0.717) is 6.42 Å². The van der Waals surface area contributed by atoms with Crippen LogP contribution >= 0.6 is 11.8 Å². The number of ketones is 1. The van der Waals surface area contributed by atoms with Crippen LogP contribution < -0.4 is 0 Å². The number of benzene rings is 2. The summed E-state index contributed by atoms with van der Waals surface area (Å²) in [6.45, 7) is 0. The van der Waals surface area contributed by atoms with Gasteiger partial charge in [0.15, 0.2) is 5.78 Å². The molecule has 0 N–H and O–H groups in total. The molecule has 0 aromatic heterocycles. The molecule has 0 fully saturated rings. The Morgan fingerprint density at radius 2 is 1.52 bits per heavy atom. The first kappa shape index (κ1) is 14.1. The van der Waals surface area contributed by atoms with Crippen LogP contribution in [0.3, 0.4) is 0 Å². The number of hydrogen-bond donors (Lipinski definition) is 0. The van der Waals surface area contributed by atoms with Crippen molar-refractivity contribution in [1.82, 2.24) is 0 Å². The number of hydrogen-bond acceptors (Lipinski definition) is 2. The van der Waals surface area contributed by atoms with Crippen molar-refractivity contribution in [1.29, 1.82) is 0 Å². The number of halogens is 1. The molecular formula is C18H15FOS. The molecule has 1 nitrogen and oxygen atoms in total. The first-order valence-corrected chi connectivity index (χ1v) is 8.08. The highest BCUT2D eigenvalue weighted by molar-refractivity contribution is 7.98. The van der Waals surface area contributed by atoms with E-state index in [1.165, 1.54) is 17.0 Å². The molecule has 0 atom stereocenters. The van der Waals surface area contributed by atoms with Crippen molar-refractivity contribution < 1.29 is 9.18 Å². The Kier molecular flexibility index (Phi) is 3.93. The van der Waals surface area contributed by atoms with Gasteiger partial charge in [-0.05, 0) is 53.6 Å². The second kappa shape index (κ2) is 5.86. The number of carbonyl (C=O) groups excluding carboxylic acids is 1. The zero-order valence-electron chi connectivity index (χ0n) is 11.7. The summed E-state index contributed by atoms with van der Waals surface area (Å²) in [6.07, 6.45) is 3.33. The maximum Gasteiger partial charge on any atom is 0.164 e. The minimum atomic E-state index is -0.282. The summed E-state index contributed by atoms with van der Waals surface area (Å²) in [7, 11) is 0. The standard InChI is InChI=1S/C18H15FOS/c1-21-15-8-4-12(5-9-15)16-10-11-17(20)18(16)13-2-6-14(19)7-3-13/h2-9H,10-11H2,1H3. The third kappa shape index (κ3) is 2.79. The van der Waals surface area contributed by atoms with Crippen molar-refractivity contribution in [2.45, 2.75) is 17.7 Å². The molecule has 0 heterocycles. The molecule has 106 valence electrons. The van der Waals surface area contributed by atoms with E-state index in [0.717, 1.165) is 28.7 Å². The first-order chi connectivity index (χ1) is 10.2. The average Bonchev–Trinajstić information content (AvgIpc) is 2.90. The molecule has 0 bridgehead atoms. The Morgan fingerprint density at radius 1 is 0.905 bits per heavy atom. The molecule has 1 aliphatic carbocycles. The molecule has 1 aliphatic rings. The van der Waals surface area contributed by atoms with E-state index in [4.69, 9.17) is 0 Å². The smallest absolute Gasteiger partial charge is 0.164 e. The van der Waals surface area contributed by atoms with Gasteiger partial charge in [0.1, 0.15) is 5.82 Å². The Labute approximate surface area is 127 Å². The lowest BCUT2D eigenvalue weighted by molar-refractivity contribution is -0.113. The van der Waals surface area contributed by atoms with Gasteiger partial charge in [-0.25, -0.2) is 4.39 Å². The van der Waals surface area contributed by atoms with Gasteiger partial charge in [-0.3, -0.25) is 4.79 Å². The number of Topliss-reactive ketones (excluding diaryl/α,β-unsaturated/α-hetero) is 1. The first-order valence-electron chi connectivity index (χ1n) is 6.86. The van der Waals surface area contributed by atoms with Crippen LogP contribution in [0.25, 0.3) is 11.1 Å². The minimum absolute atomic E-state index is 0.144. The fourth-order valence-corrected chi connectivity index (χ4v) is 3.10. The molecule has 0 radical (unpaired) electrons. The highest BCUT2D eigenvalue weighted by atomic mass is 32.2. The van der Waals surface area contributed by atoms with E-state index in [1.807, 2.05) is 6.26 Å². The summed E-state index contributed by atoms with van der Waals surface area (Å²) in [4.78, 5) is 13.4. The molecule has 0 aliphatic heterocycles. The van der Waals surface area contributed by atoms with Crippen molar-refractivity contribution in [3.8, 4) is 0 Å². The van der Waals surface area contributed by atoms with E-state index in [1.54, 1.807) is 23.9 Å². The van der Waals surface area contributed by atoms with Gasteiger partial charge in [-0.15, -0.1) is 11.8 Å². The van der Waals surface area contributed by atoms with Gasteiger partial charge in [0.25, 0.3) is 0 Å². The molecule has 3 rings (SSSR count). The SMILES string of the molecule is CSc1ccc(C2=C(c3ccc(F)cc3)C(=O)CC2)cc1. The fraction of sp³-hybridized carbons (Fsp3) is 0.167. The molecule has 2 aromatic rings. The molecule has 3 heteroatoms. The monoisotopic (exact) mass is 298 g/mol. The second-order valence-electron chi connectivity index (χ2n) is 5.01. The normalized spacial score (nSPS) is 14.9. The van der Waals surface area contributed by atoms with Crippen LogP contribution in [0.2, 0.25) is 0 Å². The summed E-state index contributed by atoms with van der Waals surface area (Å²) in [5.41, 5.74) is 3.70. The molecule has 0 spiro atoms. The number of allylic oxidation sites excluding steroid dienone is 2. The largest absolute Gasteiger partial charge is 0.294 e. The molecule has 2 aromatic carbocycles. The van der Waals surface area contributed by atoms with Crippen LogP contribution in [0, 0.1) is 5.82 Å². The Hall–Kier alpha value is -1.87. The Balaban J connectivity index is 2.07. The van der Waals surface area contributed by atoms with Crippen molar-refractivity contribution in [2.75, 3.05) is 6.26 Å². The lowest BCUT2D eigenvalue weighted by atomic mass is 9.97. The predicted octanol–water partition coefficient (Wildman–Crippen LogP) is 4.82. The zero-order chi connectivity index (χ0) is 14.8. The quantitative estimate of drug-likeness (QED) is 0.756. The summed E-state index contributed by atoms with van der Waals surface area (Å²) >= 11 is 1.69. The van der Waals surface area contributed by atoms with Gasteiger partial charge in [0.05, 0.1) is 0 Å². The van der Waals surface area contributed by atoms with E-state index < -0.39 is 0 Å². The van der Waals surface area contributed by atoms with Gasteiger partial charge < -0.3 is 0 Å². The van der Waals surface area contributed by atoms with E-state index in [-0.39, 0.29) is 11.6 Å². The zero-order valence-corrected chi connectivity index (χ0v) is 12.5. The van der Waals surface area contributed by atoms with Crippen LogP contribution in [0.1, 0.15) is 24.0 Å². The van der Waals surface area contributed by atoms with Crippen LogP contribution in [0.15, 0.2) is 53.4 Å². The van der Waals surface area contributed by atoms with E-state index in [2.05, 4.69) is 24.3 Å². The predicted molar refractivity (Wildman–Crippen MR) is 85.7 cm³/mol. The lowest BCUT2D eigenvalue weighted by Crippen LogP contribution is -1.96. The van der Waals surface area contributed by atoms with Crippen LogP contribution in [0.5, 0.6) is 0 Å². The van der Waals surface area contributed by atoms with Gasteiger partial charge >= 0.3 is 0 Å². The minimum Gasteiger partial charge on any atom is -0.294 e. The summed E-state index contributed by atoms with van der Waals surface area (Å²) in [5, 5.41) is 0. The maximum absolute atomic E-state index is 13.1. The molecular weight excluding hydrogens is 283 g/mol. The average molecular weight is 298 g/mol. The van der Waals surface area contributed by atoms with Crippen molar-refractivity contribution in [2.24, 2.45) is 0 Å². The Morgan fingerprint density at radius 3 is 2.14 bits per heavy atom. The lowest BCUT2D eigenvalue weighted by Gasteiger charge is -2.08. The number of carbonyl (C=O) groups is 1. The molecule has 0 saturated carbocycles. The summed E-state index contributed by atoms with van der Waals surface area (Å²) < 4.78 is 13.1. The van der Waals surface area contributed by atoms with Crippen molar-refractivity contribution >= 4 is 28.7 Å². The van der Waals surface area contributed by atoms with Crippen LogP contribution in [-0.2, 0) is 4.79 Å². The van der Waals surface area contributed by atoms with Crippen LogP contribution in [0.4, 0.5) is 4.39 Å². The topological polar surface area (TPSA) is 17.1 Å². The highest BCUT2D eigenvalue weighted by Crippen LogP contribution is 2.37. The second-order valence-corrected chi connectivity index (χ2v) is 5.89. The number of rotatable bonds is 3. The Bertz CT molecular complexity index is 699. The summed E-state index contributed by atoms with van der Waals surface area (Å²) in [5.74, 6) is -0.138. The third-order valence-electron chi connectivity index (χ3n) is 3.75. The molecule has 0 unspecified atom stereocenters. The van der Waals surface area contributed by atoms with Gasteiger partial charge in [0.2, 0.25) is 0 Å².